The lowest BCUT2D eigenvalue weighted by Gasteiger charge is -2.24. The number of aliphatic carboxylic acids is 1. The van der Waals surface area contributed by atoms with Crippen molar-refractivity contribution in [2.24, 2.45) is 5.92 Å². The first-order chi connectivity index (χ1) is 8.54. The zero-order valence-electron chi connectivity index (χ0n) is 11.1. The Kier molecular flexibility index (Phi) is 5.91. The number of urea groups is 1. The van der Waals surface area contributed by atoms with Gasteiger partial charge >= 0.3 is 12.0 Å². The standard InChI is InChI=1S/C12H22N2O4/c1-13(7-8-18-2)12(17)14-6-5-10(9-14)3-4-11(15)16/h10H,3-9H2,1-2H3,(H,15,16). The number of methoxy groups -OCH3 is 1. The minimum Gasteiger partial charge on any atom is -0.481 e. The van der Waals surface area contributed by atoms with Crippen molar-refractivity contribution in [3.8, 4) is 0 Å². The van der Waals surface area contributed by atoms with E-state index in [-0.39, 0.29) is 12.5 Å². The molecule has 1 saturated heterocycles. The number of carbonyl (C=O) groups excluding carboxylic acids is 1. The third-order valence-corrected chi connectivity index (χ3v) is 3.28. The molecule has 18 heavy (non-hydrogen) atoms. The minimum atomic E-state index is -0.767. The molecule has 0 aromatic heterocycles. The van der Waals surface area contributed by atoms with E-state index in [2.05, 4.69) is 0 Å². The molecule has 0 aromatic rings. The van der Waals surface area contributed by atoms with Crippen LogP contribution in [-0.4, -0.2) is 67.3 Å². The number of amides is 2. The van der Waals surface area contributed by atoms with E-state index in [0.717, 1.165) is 13.0 Å². The number of likely N-dealkylation sites (N-methyl/N-ethyl adjacent to an activating group) is 1. The van der Waals surface area contributed by atoms with Gasteiger partial charge in [0.25, 0.3) is 0 Å². The minimum absolute atomic E-state index is 0.00451. The first-order valence-electron chi connectivity index (χ1n) is 6.25. The third kappa shape index (κ3) is 4.52. The van der Waals surface area contributed by atoms with Gasteiger partial charge in [-0.05, 0) is 18.8 Å². The summed E-state index contributed by atoms with van der Waals surface area (Å²) in [5.41, 5.74) is 0. The van der Waals surface area contributed by atoms with Gasteiger partial charge in [-0.25, -0.2) is 4.79 Å². The summed E-state index contributed by atoms with van der Waals surface area (Å²) in [7, 11) is 3.36. The molecule has 1 aliphatic heterocycles. The highest BCUT2D eigenvalue weighted by Crippen LogP contribution is 2.21. The molecule has 1 N–H and O–H groups in total. The molecule has 2 amide bonds. The summed E-state index contributed by atoms with van der Waals surface area (Å²) in [6.07, 6.45) is 1.74. The molecule has 1 unspecified atom stereocenters. The smallest absolute Gasteiger partial charge is 0.319 e. The predicted molar refractivity (Wildman–Crippen MR) is 66.5 cm³/mol. The number of carboxylic acids is 1. The van der Waals surface area contributed by atoms with Crippen molar-refractivity contribution >= 4 is 12.0 Å². The Labute approximate surface area is 107 Å². The lowest BCUT2D eigenvalue weighted by Crippen LogP contribution is -2.41. The molecule has 1 rings (SSSR count). The quantitative estimate of drug-likeness (QED) is 0.767. The zero-order chi connectivity index (χ0) is 13.5. The van der Waals surface area contributed by atoms with Gasteiger partial charge in [-0.3, -0.25) is 4.79 Å². The van der Waals surface area contributed by atoms with Gasteiger partial charge in [0.1, 0.15) is 0 Å². The summed E-state index contributed by atoms with van der Waals surface area (Å²) < 4.78 is 4.93. The highest BCUT2D eigenvalue weighted by Gasteiger charge is 2.28. The van der Waals surface area contributed by atoms with E-state index in [1.807, 2.05) is 0 Å². The van der Waals surface area contributed by atoms with Crippen LogP contribution in [0.3, 0.4) is 0 Å². The molecule has 1 atom stereocenters. The number of hydrogen-bond acceptors (Lipinski definition) is 3. The highest BCUT2D eigenvalue weighted by molar-refractivity contribution is 5.74. The maximum atomic E-state index is 12.0. The summed E-state index contributed by atoms with van der Waals surface area (Å²) in [5, 5.41) is 8.63. The van der Waals surface area contributed by atoms with Crippen molar-refractivity contribution in [2.75, 3.05) is 40.4 Å². The molecule has 1 heterocycles. The van der Waals surface area contributed by atoms with Crippen molar-refractivity contribution in [1.82, 2.24) is 9.80 Å². The maximum Gasteiger partial charge on any atom is 0.319 e. The van der Waals surface area contributed by atoms with E-state index >= 15 is 0 Å². The lowest BCUT2D eigenvalue weighted by molar-refractivity contribution is -0.137. The molecule has 0 aliphatic carbocycles. The Hall–Kier alpha value is -1.30. The Bertz CT molecular complexity index is 296. The number of carbonyl (C=O) groups is 2. The number of carboxylic acid groups (broad SMARTS) is 1. The van der Waals surface area contributed by atoms with Gasteiger partial charge in [0, 0.05) is 40.2 Å². The molecule has 104 valence electrons. The van der Waals surface area contributed by atoms with Crippen molar-refractivity contribution in [1.29, 1.82) is 0 Å². The molecule has 6 nitrogen and oxygen atoms in total. The molecular weight excluding hydrogens is 236 g/mol. The predicted octanol–water partition coefficient (Wildman–Crippen LogP) is 0.871. The number of hydrogen-bond donors (Lipinski definition) is 1. The maximum absolute atomic E-state index is 12.0. The van der Waals surface area contributed by atoms with E-state index in [1.165, 1.54) is 0 Å². The van der Waals surface area contributed by atoms with E-state index in [0.29, 0.717) is 32.0 Å². The summed E-state index contributed by atoms with van der Waals surface area (Å²) in [4.78, 5) is 25.9. The molecule has 0 saturated carbocycles. The van der Waals surface area contributed by atoms with Gasteiger partial charge in [0.2, 0.25) is 0 Å². The fourth-order valence-corrected chi connectivity index (χ4v) is 2.13. The van der Waals surface area contributed by atoms with E-state index in [1.54, 1.807) is 24.0 Å². The van der Waals surface area contributed by atoms with Gasteiger partial charge in [0.05, 0.1) is 6.61 Å². The molecule has 6 heteroatoms. The van der Waals surface area contributed by atoms with Crippen LogP contribution in [0.1, 0.15) is 19.3 Å². The fraction of sp³-hybridized carbons (Fsp3) is 0.833. The first kappa shape index (κ1) is 14.8. The largest absolute Gasteiger partial charge is 0.481 e. The average molecular weight is 258 g/mol. The summed E-state index contributed by atoms with van der Waals surface area (Å²) >= 11 is 0. The number of ether oxygens (including phenoxy) is 1. The average Bonchev–Trinajstić information content (AvgIpc) is 2.81. The SMILES string of the molecule is COCCN(C)C(=O)N1CCC(CCC(=O)O)C1. The summed E-state index contributed by atoms with van der Waals surface area (Å²) in [6, 6.07) is 0.00451. The second kappa shape index (κ2) is 7.20. The normalized spacial score (nSPS) is 19.0. The Morgan fingerprint density at radius 3 is 2.83 bits per heavy atom. The molecule has 0 radical (unpaired) electrons. The lowest BCUT2D eigenvalue weighted by atomic mass is 10.0. The zero-order valence-corrected chi connectivity index (χ0v) is 11.1. The fourth-order valence-electron chi connectivity index (χ4n) is 2.13. The van der Waals surface area contributed by atoms with Gasteiger partial charge in [-0.1, -0.05) is 0 Å². The Balaban J connectivity index is 2.31. The third-order valence-electron chi connectivity index (χ3n) is 3.28. The van der Waals surface area contributed by atoms with Crippen LogP contribution in [0.25, 0.3) is 0 Å². The number of nitrogens with zero attached hydrogens (tertiary/aromatic N) is 2. The van der Waals surface area contributed by atoms with Crippen LogP contribution >= 0.6 is 0 Å². The number of rotatable bonds is 6. The second-order valence-electron chi connectivity index (χ2n) is 4.73. The Morgan fingerprint density at radius 1 is 1.50 bits per heavy atom. The van der Waals surface area contributed by atoms with Crippen LogP contribution in [0.2, 0.25) is 0 Å². The highest BCUT2D eigenvalue weighted by atomic mass is 16.5. The monoisotopic (exact) mass is 258 g/mol. The van der Waals surface area contributed by atoms with Crippen molar-refractivity contribution in [2.45, 2.75) is 19.3 Å². The summed E-state index contributed by atoms with van der Waals surface area (Å²) in [5.74, 6) is -0.446. The van der Waals surface area contributed by atoms with Gasteiger partial charge in [0.15, 0.2) is 0 Å². The second-order valence-corrected chi connectivity index (χ2v) is 4.73. The van der Waals surface area contributed by atoms with Crippen molar-refractivity contribution < 1.29 is 19.4 Å². The van der Waals surface area contributed by atoms with Crippen LogP contribution in [0.5, 0.6) is 0 Å². The topological polar surface area (TPSA) is 70.1 Å². The Morgan fingerprint density at radius 2 is 2.22 bits per heavy atom. The van der Waals surface area contributed by atoms with Gasteiger partial charge in [-0.2, -0.15) is 0 Å². The first-order valence-corrected chi connectivity index (χ1v) is 6.25. The van der Waals surface area contributed by atoms with Gasteiger partial charge in [-0.15, -0.1) is 0 Å². The van der Waals surface area contributed by atoms with Crippen molar-refractivity contribution in [3.63, 3.8) is 0 Å². The molecule has 0 aromatic carbocycles. The molecule has 0 spiro atoms. The molecule has 0 bridgehead atoms. The molecule has 1 fully saturated rings. The van der Waals surface area contributed by atoms with Crippen LogP contribution in [0.15, 0.2) is 0 Å². The van der Waals surface area contributed by atoms with Crippen LogP contribution in [-0.2, 0) is 9.53 Å². The van der Waals surface area contributed by atoms with Crippen LogP contribution in [0, 0.1) is 5.92 Å². The van der Waals surface area contributed by atoms with E-state index < -0.39 is 5.97 Å². The molecular formula is C12H22N2O4. The van der Waals surface area contributed by atoms with Crippen LogP contribution < -0.4 is 0 Å². The van der Waals surface area contributed by atoms with E-state index in [9.17, 15) is 9.59 Å². The molecule has 1 aliphatic rings. The van der Waals surface area contributed by atoms with Gasteiger partial charge < -0.3 is 19.6 Å². The summed E-state index contributed by atoms with van der Waals surface area (Å²) in [6.45, 7) is 2.49. The van der Waals surface area contributed by atoms with Crippen LogP contribution in [0.4, 0.5) is 4.79 Å². The van der Waals surface area contributed by atoms with Crippen molar-refractivity contribution in [3.05, 3.63) is 0 Å². The number of likely N-dealkylation sites (tertiary alicyclic amines) is 1. The van der Waals surface area contributed by atoms with E-state index in [4.69, 9.17) is 9.84 Å².